The Balaban J connectivity index is 2.03. The number of carbonyl (C=O) groups excluding carboxylic acids is 3. The topological polar surface area (TPSA) is 119 Å². The van der Waals surface area contributed by atoms with Gasteiger partial charge in [0, 0.05) is 13.2 Å². The van der Waals surface area contributed by atoms with E-state index in [1.165, 1.54) is 26.4 Å². The summed E-state index contributed by atoms with van der Waals surface area (Å²) < 4.78 is 10.3. The third-order valence-corrected chi connectivity index (χ3v) is 3.45. The van der Waals surface area contributed by atoms with Crippen molar-refractivity contribution >= 4 is 29.3 Å². The van der Waals surface area contributed by atoms with Crippen molar-refractivity contribution in [3.8, 4) is 5.75 Å². The highest BCUT2D eigenvalue weighted by atomic mass is 16.5. The SMILES string of the molecule is CNC(=O)CNC(=O)COC(=O)c1cccnc1Nc1ccccc1OC. The lowest BCUT2D eigenvalue weighted by Crippen LogP contribution is -2.37. The Kier molecular flexibility index (Phi) is 7.12. The van der Waals surface area contributed by atoms with Crippen molar-refractivity contribution < 1.29 is 23.9 Å². The first-order chi connectivity index (χ1) is 13.0. The van der Waals surface area contributed by atoms with E-state index in [2.05, 4.69) is 20.9 Å². The van der Waals surface area contributed by atoms with Gasteiger partial charge >= 0.3 is 5.97 Å². The Morgan fingerprint density at radius 1 is 1.07 bits per heavy atom. The van der Waals surface area contributed by atoms with Gasteiger partial charge in [-0.2, -0.15) is 0 Å². The van der Waals surface area contributed by atoms with Crippen LogP contribution in [-0.2, 0) is 14.3 Å². The molecular formula is C18H20N4O5. The van der Waals surface area contributed by atoms with Crippen LogP contribution in [0.4, 0.5) is 11.5 Å². The van der Waals surface area contributed by atoms with Crippen molar-refractivity contribution in [2.24, 2.45) is 0 Å². The fraction of sp³-hybridized carbons (Fsp3) is 0.222. The summed E-state index contributed by atoms with van der Waals surface area (Å²) in [5.41, 5.74) is 0.776. The summed E-state index contributed by atoms with van der Waals surface area (Å²) in [4.78, 5) is 39.2. The number of amides is 2. The van der Waals surface area contributed by atoms with Crippen LogP contribution < -0.4 is 20.7 Å². The molecule has 1 heterocycles. The number of hydrogen-bond acceptors (Lipinski definition) is 7. The summed E-state index contributed by atoms with van der Waals surface area (Å²) in [6.45, 7) is -0.709. The minimum atomic E-state index is -0.726. The minimum Gasteiger partial charge on any atom is -0.495 e. The number of nitrogens with one attached hydrogen (secondary N) is 3. The van der Waals surface area contributed by atoms with Crippen LogP contribution in [0.25, 0.3) is 0 Å². The van der Waals surface area contributed by atoms with E-state index < -0.39 is 18.5 Å². The quantitative estimate of drug-likeness (QED) is 0.588. The maximum atomic E-state index is 12.3. The van der Waals surface area contributed by atoms with Gasteiger partial charge < -0.3 is 25.4 Å². The van der Waals surface area contributed by atoms with Crippen molar-refractivity contribution in [3.05, 3.63) is 48.2 Å². The monoisotopic (exact) mass is 372 g/mol. The second-order valence-electron chi connectivity index (χ2n) is 5.25. The summed E-state index contributed by atoms with van der Waals surface area (Å²) in [7, 11) is 2.98. The molecule has 0 unspecified atom stereocenters. The molecule has 0 aliphatic rings. The van der Waals surface area contributed by atoms with Gasteiger partial charge in [0.05, 0.1) is 19.3 Å². The predicted molar refractivity (Wildman–Crippen MR) is 97.9 cm³/mol. The molecule has 0 fully saturated rings. The Morgan fingerprint density at radius 2 is 1.85 bits per heavy atom. The van der Waals surface area contributed by atoms with Crippen LogP contribution in [0.15, 0.2) is 42.6 Å². The largest absolute Gasteiger partial charge is 0.495 e. The molecule has 2 amide bonds. The Bertz CT molecular complexity index is 825. The van der Waals surface area contributed by atoms with Crippen LogP contribution in [0.2, 0.25) is 0 Å². The van der Waals surface area contributed by atoms with Crippen LogP contribution >= 0.6 is 0 Å². The summed E-state index contributed by atoms with van der Waals surface area (Å²) in [5, 5.41) is 7.71. The van der Waals surface area contributed by atoms with E-state index in [9.17, 15) is 14.4 Å². The maximum Gasteiger partial charge on any atom is 0.342 e. The van der Waals surface area contributed by atoms with Crippen molar-refractivity contribution in [2.75, 3.05) is 32.6 Å². The number of pyridine rings is 1. The smallest absolute Gasteiger partial charge is 0.342 e. The number of benzene rings is 1. The van der Waals surface area contributed by atoms with Crippen LogP contribution in [0.5, 0.6) is 5.75 Å². The molecule has 27 heavy (non-hydrogen) atoms. The number of likely N-dealkylation sites (N-methyl/N-ethyl adjacent to an activating group) is 1. The fourth-order valence-corrected chi connectivity index (χ4v) is 2.07. The molecule has 142 valence electrons. The molecule has 0 aliphatic carbocycles. The molecule has 2 aromatic rings. The van der Waals surface area contributed by atoms with Gasteiger partial charge in [-0.1, -0.05) is 12.1 Å². The number of rotatable bonds is 8. The van der Waals surface area contributed by atoms with Crippen molar-refractivity contribution in [1.29, 1.82) is 0 Å². The third kappa shape index (κ3) is 5.70. The number of carbonyl (C=O) groups is 3. The predicted octanol–water partition coefficient (Wildman–Crippen LogP) is 0.853. The first-order valence-corrected chi connectivity index (χ1v) is 8.04. The number of aromatic nitrogens is 1. The molecule has 9 heteroatoms. The van der Waals surface area contributed by atoms with E-state index in [-0.39, 0.29) is 23.8 Å². The summed E-state index contributed by atoms with van der Waals surface area (Å²) in [5.74, 6) is -0.829. The van der Waals surface area contributed by atoms with Gasteiger partial charge in [-0.15, -0.1) is 0 Å². The lowest BCUT2D eigenvalue weighted by Gasteiger charge is -2.13. The first-order valence-electron chi connectivity index (χ1n) is 8.04. The highest BCUT2D eigenvalue weighted by Crippen LogP contribution is 2.27. The van der Waals surface area contributed by atoms with E-state index in [4.69, 9.17) is 9.47 Å². The highest BCUT2D eigenvalue weighted by molar-refractivity contribution is 5.97. The van der Waals surface area contributed by atoms with Gasteiger partial charge in [0.1, 0.15) is 17.1 Å². The third-order valence-electron chi connectivity index (χ3n) is 3.45. The standard InChI is InChI=1S/C18H20N4O5/c1-19-15(23)10-21-16(24)11-27-18(25)12-6-5-9-20-17(12)22-13-7-3-4-8-14(13)26-2/h3-9H,10-11H2,1-2H3,(H,19,23)(H,20,22)(H,21,24). The average molecular weight is 372 g/mol. The molecule has 2 rings (SSSR count). The van der Waals surface area contributed by atoms with Gasteiger partial charge in [-0.3, -0.25) is 9.59 Å². The zero-order valence-corrected chi connectivity index (χ0v) is 14.9. The lowest BCUT2D eigenvalue weighted by atomic mass is 10.2. The van der Waals surface area contributed by atoms with Crippen LogP contribution in [0.1, 0.15) is 10.4 Å². The molecule has 0 saturated heterocycles. The number of anilines is 2. The zero-order valence-electron chi connectivity index (χ0n) is 14.9. The number of nitrogens with zero attached hydrogens (tertiary/aromatic N) is 1. The van der Waals surface area contributed by atoms with Crippen LogP contribution in [0.3, 0.4) is 0 Å². The van der Waals surface area contributed by atoms with E-state index in [0.29, 0.717) is 11.4 Å². The van der Waals surface area contributed by atoms with Gasteiger partial charge in [-0.05, 0) is 24.3 Å². The number of para-hydroxylation sites is 2. The fourth-order valence-electron chi connectivity index (χ4n) is 2.07. The maximum absolute atomic E-state index is 12.3. The van der Waals surface area contributed by atoms with E-state index >= 15 is 0 Å². The van der Waals surface area contributed by atoms with E-state index in [1.807, 2.05) is 12.1 Å². The average Bonchev–Trinajstić information content (AvgIpc) is 2.70. The molecule has 0 atom stereocenters. The van der Waals surface area contributed by atoms with Crippen molar-refractivity contribution in [1.82, 2.24) is 15.6 Å². The summed E-state index contributed by atoms with van der Waals surface area (Å²) in [6.07, 6.45) is 1.52. The first kappa shape index (κ1) is 19.7. The molecule has 1 aromatic carbocycles. The van der Waals surface area contributed by atoms with Crippen molar-refractivity contribution in [3.63, 3.8) is 0 Å². The van der Waals surface area contributed by atoms with Crippen LogP contribution in [0, 0.1) is 0 Å². The van der Waals surface area contributed by atoms with Crippen LogP contribution in [-0.4, -0.2) is 50.1 Å². The second kappa shape index (κ2) is 9.76. The van der Waals surface area contributed by atoms with E-state index in [1.54, 1.807) is 18.2 Å². The molecule has 0 saturated carbocycles. The highest BCUT2D eigenvalue weighted by Gasteiger charge is 2.16. The number of methoxy groups -OCH3 is 1. The van der Waals surface area contributed by atoms with E-state index in [0.717, 1.165) is 0 Å². The molecule has 0 radical (unpaired) electrons. The second-order valence-corrected chi connectivity index (χ2v) is 5.25. The zero-order chi connectivity index (χ0) is 19.6. The summed E-state index contributed by atoms with van der Waals surface area (Å²) in [6, 6.07) is 10.3. The molecule has 0 spiro atoms. The van der Waals surface area contributed by atoms with Gasteiger partial charge in [-0.25, -0.2) is 9.78 Å². The lowest BCUT2D eigenvalue weighted by molar-refractivity contribution is -0.127. The number of hydrogen-bond donors (Lipinski definition) is 3. The molecule has 9 nitrogen and oxygen atoms in total. The van der Waals surface area contributed by atoms with Gasteiger partial charge in [0.2, 0.25) is 5.91 Å². The summed E-state index contributed by atoms with van der Waals surface area (Å²) >= 11 is 0. The Labute approximate surface area is 156 Å². The molecule has 1 aromatic heterocycles. The number of ether oxygens (including phenoxy) is 2. The molecule has 3 N–H and O–H groups in total. The molecule has 0 bridgehead atoms. The van der Waals surface area contributed by atoms with Crippen molar-refractivity contribution in [2.45, 2.75) is 0 Å². The molecular weight excluding hydrogens is 352 g/mol. The van der Waals surface area contributed by atoms with Gasteiger partial charge in [0.25, 0.3) is 5.91 Å². The minimum absolute atomic E-state index is 0.155. The Hall–Kier alpha value is -3.62. The van der Waals surface area contributed by atoms with Gasteiger partial charge in [0.15, 0.2) is 6.61 Å². The number of esters is 1. The Morgan fingerprint density at radius 3 is 2.59 bits per heavy atom. The molecule has 0 aliphatic heterocycles. The normalized spacial score (nSPS) is 9.85.